The summed E-state index contributed by atoms with van der Waals surface area (Å²) in [7, 11) is 0. The van der Waals surface area contributed by atoms with Crippen LogP contribution >= 0.6 is 0 Å². The Labute approximate surface area is 132 Å². The summed E-state index contributed by atoms with van der Waals surface area (Å²) in [5, 5.41) is 14.9. The van der Waals surface area contributed by atoms with Gasteiger partial charge in [-0.25, -0.2) is 4.79 Å². The van der Waals surface area contributed by atoms with Crippen LogP contribution in [0, 0.1) is 10.1 Å². The lowest BCUT2D eigenvalue weighted by Gasteiger charge is -2.08. The number of benzene rings is 2. The van der Waals surface area contributed by atoms with Crippen LogP contribution in [0.5, 0.6) is 0 Å². The van der Waals surface area contributed by atoms with Crippen LogP contribution in [-0.4, -0.2) is 23.7 Å². The number of rotatable bonds is 6. The van der Waals surface area contributed by atoms with Gasteiger partial charge in [0.1, 0.15) is 0 Å². The summed E-state index contributed by atoms with van der Waals surface area (Å²) in [5.74, 6) is -0.645. The highest BCUT2D eigenvalue weighted by molar-refractivity contribution is 5.96. The van der Waals surface area contributed by atoms with Gasteiger partial charge in [-0.3, -0.25) is 15.5 Å². The Morgan fingerprint density at radius 1 is 1.30 bits per heavy atom. The fourth-order valence-corrected chi connectivity index (χ4v) is 1.84. The number of esters is 1. The minimum atomic E-state index is -0.645. The fourth-order valence-electron chi connectivity index (χ4n) is 1.84. The van der Waals surface area contributed by atoms with Crippen molar-refractivity contribution in [2.24, 2.45) is 5.10 Å². The number of carbonyl (C=O) groups excluding carboxylic acids is 1. The van der Waals surface area contributed by atoms with Crippen LogP contribution in [0.2, 0.25) is 0 Å². The van der Waals surface area contributed by atoms with Crippen LogP contribution in [0.3, 0.4) is 0 Å². The zero-order valence-corrected chi connectivity index (χ0v) is 12.4. The maximum atomic E-state index is 11.9. The third-order valence-corrected chi connectivity index (χ3v) is 2.91. The van der Waals surface area contributed by atoms with Gasteiger partial charge in [0.05, 0.1) is 29.0 Å². The molecule has 0 bridgehead atoms. The van der Waals surface area contributed by atoms with Gasteiger partial charge >= 0.3 is 5.97 Å². The number of hydrogen-bond donors (Lipinski definition) is 1. The molecule has 1 N–H and O–H groups in total. The fraction of sp³-hybridized carbons (Fsp3) is 0.125. The smallest absolute Gasteiger partial charge is 0.340 e. The molecule has 0 fully saturated rings. The van der Waals surface area contributed by atoms with E-state index < -0.39 is 10.9 Å². The predicted octanol–water partition coefficient (Wildman–Crippen LogP) is 3.22. The first-order valence-electron chi connectivity index (χ1n) is 6.91. The lowest BCUT2D eigenvalue weighted by Crippen LogP contribution is -2.08. The summed E-state index contributed by atoms with van der Waals surface area (Å²) in [6.45, 7) is 1.84. The van der Waals surface area contributed by atoms with Crippen molar-refractivity contribution < 1.29 is 14.5 Å². The molecule has 0 heterocycles. The molecule has 2 aromatic carbocycles. The van der Waals surface area contributed by atoms with E-state index in [1.807, 2.05) is 30.3 Å². The molecule has 0 spiro atoms. The Hall–Kier alpha value is -3.22. The summed E-state index contributed by atoms with van der Waals surface area (Å²) < 4.78 is 4.91. The van der Waals surface area contributed by atoms with Gasteiger partial charge in [-0.15, -0.1) is 0 Å². The summed E-state index contributed by atoms with van der Waals surface area (Å²) in [6.07, 6.45) is 1.58. The van der Waals surface area contributed by atoms with Gasteiger partial charge in [0, 0.05) is 12.1 Å². The largest absolute Gasteiger partial charge is 0.462 e. The Balaban J connectivity index is 2.24. The molecule has 0 saturated carbocycles. The highest BCUT2D eigenvalue weighted by atomic mass is 16.6. The van der Waals surface area contributed by atoms with Crippen LogP contribution in [-0.2, 0) is 4.74 Å². The minimum Gasteiger partial charge on any atom is -0.462 e. The second kappa shape index (κ2) is 7.69. The van der Waals surface area contributed by atoms with Crippen molar-refractivity contribution in [1.29, 1.82) is 0 Å². The van der Waals surface area contributed by atoms with Gasteiger partial charge in [0.25, 0.3) is 5.69 Å². The van der Waals surface area contributed by atoms with Gasteiger partial charge < -0.3 is 4.74 Å². The summed E-state index contributed by atoms with van der Waals surface area (Å²) in [5.41, 5.74) is 3.79. The number of anilines is 1. The molecule has 118 valence electrons. The maximum absolute atomic E-state index is 11.9. The maximum Gasteiger partial charge on any atom is 0.340 e. The molecule has 0 aliphatic rings. The standard InChI is InChI=1S/C16H15N3O4/c1-2-23-16(20)14-10-13(19(21)22)8-9-15(14)18-17-11-12-6-4-3-5-7-12/h3-11,18H,2H2,1H3/b17-11+. The average Bonchev–Trinajstić information content (AvgIpc) is 2.56. The average molecular weight is 313 g/mol. The predicted molar refractivity (Wildman–Crippen MR) is 86.7 cm³/mol. The summed E-state index contributed by atoms with van der Waals surface area (Å²) in [6, 6.07) is 13.3. The number of nitro benzene ring substituents is 1. The minimum absolute atomic E-state index is 0.0614. The first-order valence-corrected chi connectivity index (χ1v) is 6.91. The number of nitro groups is 1. The zero-order chi connectivity index (χ0) is 16.7. The number of nitrogens with one attached hydrogen (secondary N) is 1. The third kappa shape index (κ3) is 4.37. The molecule has 23 heavy (non-hydrogen) atoms. The topological polar surface area (TPSA) is 93.8 Å². The van der Waals surface area contributed by atoms with Crippen LogP contribution in [0.25, 0.3) is 0 Å². The van der Waals surface area contributed by atoms with E-state index >= 15 is 0 Å². The molecule has 0 aliphatic heterocycles. The number of hydrogen-bond acceptors (Lipinski definition) is 6. The molecular weight excluding hydrogens is 298 g/mol. The number of nitrogens with zero attached hydrogens (tertiary/aromatic N) is 2. The van der Waals surface area contributed by atoms with Gasteiger partial charge in [0.2, 0.25) is 0 Å². The Kier molecular flexibility index (Phi) is 5.40. The molecule has 0 saturated heterocycles. The molecule has 2 aromatic rings. The van der Waals surface area contributed by atoms with Crippen molar-refractivity contribution in [2.45, 2.75) is 6.92 Å². The summed E-state index contributed by atoms with van der Waals surface area (Å²) >= 11 is 0. The molecule has 7 nitrogen and oxygen atoms in total. The van der Waals surface area contributed by atoms with E-state index in [1.54, 1.807) is 13.1 Å². The van der Waals surface area contributed by atoms with Crippen molar-refractivity contribution in [3.8, 4) is 0 Å². The molecule has 0 aromatic heterocycles. The first-order chi connectivity index (χ1) is 11.1. The van der Waals surface area contributed by atoms with E-state index in [0.29, 0.717) is 5.69 Å². The van der Waals surface area contributed by atoms with E-state index in [4.69, 9.17) is 4.74 Å². The van der Waals surface area contributed by atoms with E-state index in [9.17, 15) is 14.9 Å². The van der Waals surface area contributed by atoms with E-state index in [0.717, 1.165) is 5.56 Å². The molecule has 0 aliphatic carbocycles. The van der Waals surface area contributed by atoms with Crippen molar-refractivity contribution >= 4 is 23.6 Å². The van der Waals surface area contributed by atoms with Crippen molar-refractivity contribution in [2.75, 3.05) is 12.0 Å². The van der Waals surface area contributed by atoms with Crippen LogP contribution in [0.4, 0.5) is 11.4 Å². The normalized spacial score (nSPS) is 10.5. The number of hydrazone groups is 1. The van der Waals surface area contributed by atoms with E-state index in [2.05, 4.69) is 10.5 Å². The molecule has 0 unspecified atom stereocenters. The number of non-ortho nitro benzene ring substituents is 1. The van der Waals surface area contributed by atoms with Gasteiger partial charge in [-0.1, -0.05) is 30.3 Å². The van der Waals surface area contributed by atoms with Gasteiger partial charge in [-0.05, 0) is 18.6 Å². The van der Waals surface area contributed by atoms with Crippen molar-refractivity contribution in [3.05, 3.63) is 69.8 Å². The Morgan fingerprint density at radius 2 is 2.04 bits per heavy atom. The first kappa shape index (κ1) is 16.2. The highest BCUT2D eigenvalue weighted by Crippen LogP contribution is 2.23. The number of carbonyl (C=O) groups is 1. The van der Waals surface area contributed by atoms with E-state index in [1.165, 1.54) is 18.2 Å². The van der Waals surface area contributed by atoms with E-state index in [-0.39, 0.29) is 17.9 Å². The highest BCUT2D eigenvalue weighted by Gasteiger charge is 2.17. The lowest BCUT2D eigenvalue weighted by molar-refractivity contribution is -0.384. The van der Waals surface area contributed by atoms with Crippen molar-refractivity contribution in [1.82, 2.24) is 0 Å². The molecular formula is C16H15N3O4. The molecule has 7 heteroatoms. The molecule has 0 atom stereocenters. The second-order valence-electron chi connectivity index (χ2n) is 4.49. The quantitative estimate of drug-likeness (QED) is 0.382. The van der Waals surface area contributed by atoms with Crippen LogP contribution < -0.4 is 5.43 Å². The van der Waals surface area contributed by atoms with Gasteiger partial charge in [0.15, 0.2) is 0 Å². The van der Waals surface area contributed by atoms with Crippen molar-refractivity contribution in [3.63, 3.8) is 0 Å². The van der Waals surface area contributed by atoms with Crippen LogP contribution in [0.15, 0.2) is 53.6 Å². The van der Waals surface area contributed by atoms with Gasteiger partial charge in [-0.2, -0.15) is 5.10 Å². The van der Waals surface area contributed by atoms with Crippen LogP contribution in [0.1, 0.15) is 22.8 Å². The molecule has 0 amide bonds. The summed E-state index contributed by atoms with van der Waals surface area (Å²) in [4.78, 5) is 22.2. The third-order valence-electron chi connectivity index (χ3n) is 2.91. The zero-order valence-electron chi connectivity index (χ0n) is 12.4. The number of ether oxygens (including phenoxy) is 1. The molecule has 2 rings (SSSR count). The Morgan fingerprint density at radius 3 is 2.70 bits per heavy atom. The SMILES string of the molecule is CCOC(=O)c1cc([N+](=O)[O-])ccc1N/N=C/c1ccccc1. The Bertz CT molecular complexity index is 729. The molecule has 0 radical (unpaired) electrons. The monoisotopic (exact) mass is 313 g/mol. The lowest BCUT2D eigenvalue weighted by atomic mass is 10.1. The second-order valence-corrected chi connectivity index (χ2v) is 4.49.